The van der Waals surface area contributed by atoms with Gasteiger partial charge in [0.2, 0.25) is 17.6 Å². The number of nitrogens with one attached hydrogen (secondary N) is 2. The van der Waals surface area contributed by atoms with Crippen LogP contribution in [0.15, 0.2) is 77.3 Å². The van der Waals surface area contributed by atoms with Gasteiger partial charge in [0.15, 0.2) is 0 Å². The Labute approximate surface area is 206 Å². The Morgan fingerprint density at radius 2 is 1.77 bits per heavy atom. The van der Waals surface area contributed by atoms with Crippen LogP contribution in [-0.4, -0.2) is 22.0 Å². The second-order valence-corrected chi connectivity index (χ2v) is 8.25. The first-order valence-corrected chi connectivity index (χ1v) is 11.4. The minimum atomic E-state index is -0.404. The molecule has 0 aliphatic heterocycles. The number of nitrogens with zero attached hydrogens (tertiary/aromatic N) is 2. The van der Waals surface area contributed by atoms with E-state index in [1.165, 1.54) is 24.3 Å². The fourth-order valence-electron chi connectivity index (χ4n) is 3.33. The molecule has 2 amide bonds. The van der Waals surface area contributed by atoms with Crippen molar-refractivity contribution in [3.63, 3.8) is 0 Å². The normalized spacial score (nSPS) is 10.7. The molecular formula is C26H22ClFN4O3. The molecule has 4 aromatic rings. The molecule has 0 saturated heterocycles. The first-order chi connectivity index (χ1) is 17.0. The Morgan fingerprint density at radius 3 is 2.54 bits per heavy atom. The Bertz CT molecular complexity index is 1310. The highest BCUT2D eigenvalue weighted by Gasteiger charge is 2.10. The molecule has 0 atom stereocenters. The van der Waals surface area contributed by atoms with Crippen LogP contribution >= 0.6 is 11.6 Å². The van der Waals surface area contributed by atoms with Gasteiger partial charge in [0.1, 0.15) is 5.82 Å². The quantitative estimate of drug-likeness (QED) is 0.325. The fraction of sp³-hybridized carbons (Fsp3) is 0.154. The predicted molar refractivity (Wildman–Crippen MR) is 130 cm³/mol. The van der Waals surface area contributed by atoms with E-state index < -0.39 is 5.82 Å². The van der Waals surface area contributed by atoms with Crippen LogP contribution in [0, 0.1) is 5.82 Å². The molecule has 0 bridgehead atoms. The van der Waals surface area contributed by atoms with Crippen molar-refractivity contribution in [3.8, 4) is 11.4 Å². The summed E-state index contributed by atoms with van der Waals surface area (Å²) in [6.45, 7) is 0.320. The van der Waals surface area contributed by atoms with E-state index in [0.29, 0.717) is 53.8 Å². The average Bonchev–Trinajstić information content (AvgIpc) is 3.33. The number of hydrogen-bond donors (Lipinski definition) is 2. The summed E-state index contributed by atoms with van der Waals surface area (Å²) >= 11 is 5.89. The largest absolute Gasteiger partial charge is 0.352 e. The summed E-state index contributed by atoms with van der Waals surface area (Å²) in [5.74, 6) is 0.0913. The Balaban J connectivity index is 1.21. The molecule has 0 aliphatic carbocycles. The number of anilines is 1. The molecule has 2 N–H and O–H groups in total. The lowest BCUT2D eigenvalue weighted by molar-refractivity contribution is -0.121. The SMILES string of the molecule is O=C(CCCc1nc(-c2ccc(Cl)cc2)no1)NCc1cccc(NC(=O)c2ccc(F)cc2)c1. The van der Waals surface area contributed by atoms with Gasteiger partial charge >= 0.3 is 0 Å². The summed E-state index contributed by atoms with van der Waals surface area (Å²) in [5.41, 5.74) is 2.57. The second-order valence-electron chi connectivity index (χ2n) is 7.81. The molecule has 1 aromatic heterocycles. The lowest BCUT2D eigenvalue weighted by Crippen LogP contribution is -2.22. The highest BCUT2D eigenvalue weighted by Crippen LogP contribution is 2.19. The highest BCUT2D eigenvalue weighted by atomic mass is 35.5. The number of halogens is 2. The van der Waals surface area contributed by atoms with Crippen LogP contribution in [0.5, 0.6) is 0 Å². The van der Waals surface area contributed by atoms with Crippen LogP contribution in [-0.2, 0) is 17.8 Å². The van der Waals surface area contributed by atoms with Crippen LogP contribution in [0.3, 0.4) is 0 Å². The molecule has 9 heteroatoms. The third kappa shape index (κ3) is 6.97. The average molecular weight is 493 g/mol. The van der Waals surface area contributed by atoms with Gasteiger partial charge in [-0.05, 0) is 72.6 Å². The first kappa shape index (κ1) is 24.1. The van der Waals surface area contributed by atoms with Crippen LogP contribution in [0.2, 0.25) is 5.02 Å². The van der Waals surface area contributed by atoms with E-state index >= 15 is 0 Å². The van der Waals surface area contributed by atoms with E-state index in [0.717, 1.165) is 11.1 Å². The fourth-order valence-corrected chi connectivity index (χ4v) is 3.45. The van der Waals surface area contributed by atoms with E-state index in [-0.39, 0.29) is 11.8 Å². The van der Waals surface area contributed by atoms with Gasteiger partial charge in [-0.15, -0.1) is 0 Å². The van der Waals surface area contributed by atoms with E-state index in [2.05, 4.69) is 20.8 Å². The molecule has 0 unspecified atom stereocenters. The van der Waals surface area contributed by atoms with Crippen molar-refractivity contribution in [2.45, 2.75) is 25.8 Å². The van der Waals surface area contributed by atoms with Gasteiger partial charge in [-0.3, -0.25) is 9.59 Å². The summed E-state index contributed by atoms with van der Waals surface area (Å²) in [7, 11) is 0. The van der Waals surface area contributed by atoms with Crippen molar-refractivity contribution in [2.24, 2.45) is 0 Å². The number of carbonyl (C=O) groups is 2. The number of amides is 2. The molecule has 0 aliphatic rings. The van der Waals surface area contributed by atoms with Crippen molar-refractivity contribution in [3.05, 3.63) is 101 Å². The second kappa shape index (κ2) is 11.4. The lowest BCUT2D eigenvalue weighted by atomic mass is 10.1. The van der Waals surface area contributed by atoms with E-state index in [1.54, 1.807) is 30.3 Å². The summed E-state index contributed by atoms with van der Waals surface area (Å²) in [5, 5.41) is 10.2. The standard InChI is InChI=1S/C26H22ClFN4O3/c27-20-11-7-18(8-12-20)25-31-24(35-32-25)6-2-5-23(33)29-16-17-3-1-4-22(15-17)30-26(34)19-9-13-21(28)14-10-19/h1,3-4,7-15H,2,5-6,16H2,(H,29,33)(H,30,34). The minimum absolute atomic E-state index is 0.108. The number of rotatable bonds is 9. The van der Waals surface area contributed by atoms with Crippen LogP contribution in [0.1, 0.15) is 34.7 Å². The summed E-state index contributed by atoms with van der Waals surface area (Å²) in [6, 6.07) is 19.6. The van der Waals surface area contributed by atoms with Crippen LogP contribution in [0.25, 0.3) is 11.4 Å². The maximum Gasteiger partial charge on any atom is 0.255 e. The van der Waals surface area contributed by atoms with Gasteiger partial charge in [-0.25, -0.2) is 4.39 Å². The molecule has 3 aromatic carbocycles. The zero-order valence-electron chi connectivity index (χ0n) is 18.6. The molecule has 35 heavy (non-hydrogen) atoms. The number of aryl methyl sites for hydroxylation is 1. The topological polar surface area (TPSA) is 97.1 Å². The van der Waals surface area contributed by atoms with Crippen molar-refractivity contribution in [1.82, 2.24) is 15.5 Å². The van der Waals surface area contributed by atoms with E-state index in [4.69, 9.17) is 16.1 Å². The number of hydrogen-bond acceptors (Lipinski definition) is 5. The van der Waals surface area contributed by atoms with Crippen LogP contribution < -0.4 is 10.6 Å². The van der Waals surface area contributed by atoms with Crippen molar-refractivity contribution >= 4 is 29.1 Å². The minimum Gasteiger partial charge on any atom is -0.352 e. The number of carbonyl (C=O) groups excluding carboxylic acids is 2. The maximum atomic E-state index is 13.0. The predicted octanol–water partition coefficient (Wildman–Crippen LogP) is 5.42. The first-order valence-electron chi connectivity index (χ1n) is 11.0. The molecule has 1 heterocycles. The highest BCUT2D eigenvalue weighted by molar-refractivity contribution is 6.30. The molecule has 0 radical (unpaired) electrons. The smallest absolute Gasteiger partial charge is 0.255 e. The van der Waals surface area contributed by atoms with Crippen molar-refractivity contribution in [2.75, 3.05) is 5.32 Å². The summed E-state index contributed by atoms with van der Waals surface area (Å²) in [6.07, 6.45) is 1.35. The summed E-state index contributed by atoms with van der Waals surface area (Å²) in [4.78, 5) is 28.9. The van der Waals surface area contributed by atoms with E-state index in [9.17, 15) is 14.0 Å². The number of aromatic nitrogens is 2. The van der Waals surface area contributed by atoms with Gasteiger partial charge in [-0.2, -0.15) is 4.98 Å². The van der Waals surface area contributed by atoms with Crippen molar-refractivity contribution in [1.29, 1.82) is 0 Å². The molecule has 0 fully saturated rings. The molecular weight excluding hydrogens is 471 g/mol. The van der Waals surface area contributed by atoms with Gasteiger partial charge in [0.25, 0.3) is 5.91 Å². The Morgan fingerprint density at radius 1 is 1.00 bits per heavy atom. The third-order valence-electron chi connectivity index (χ3n) is 5.15. The van der Waals surface area contributed by atoms with E-state index in [1.807, 2.05) is 18.2 Å². The maximum absolute atomic E-state index is 13.0. The third-order valence-corrected chi connectivity index (χ3v) is 5.40. The Kier molecular flexibility index (Phi) is 7.84. The zero-order valence-corrected chi connectivity index (χ0v) is 19.4. The van der Waals surface area contributed by atoms with Crippen molar-refractivity contribution < 1.29 is 18.5 Å². The summed E-state index contributed by atoms with van der Waals surface area (Å²) < 4.78 is 18.3. The molecule has 7 nitrogen and oxygen atoms in total. The molecule has 0 saturated carbocycles. The Hall–Kier alpha value is -4.04. The van der Waals surface area contributed by atoms with Gasteiger partial charge < -0.3 is 15.2 Å². The van der Waals surface area contributed by atoms with Gasteiger partial charge in [0.05, 0.1) is 0 Å². The van der Waals surface area contributed by atoms with Gasteiger partial charge in [-0.1, -0.05) is 28.9 Å². The zero-order chi connectivity index (χ0) is 24.6. The molecule has 178 valence electrons. The number of benzene rings is 3. The molecule has 4 rings (SSSR count). The van der Waals surface area contributed by atoms with Crippen LogP contribution in [0.4, 0.5) is 10.1 Å². The molecule has 0 spiro atoms. The monoisotopic (exact) mass is 492 g/mol. The van der Waals surface area contributed by atoms with Gasteiger partial charge in [0, 0.05) is 41.2 Å². The lowest BCUT2D eigenvalue weighted by Gasteiger charge is -2.09.